The second-order valence-electron chi connectivity index (χ2n) is 7.76. The fourth-order valence-electron chi connectivity index (χ4n) is 3.31. The van der Waals surface area contributed by atoms with E-state index in [-0.39, 0.29) is 17.6 Å². The summed E-state index contributed by atoms with van der Waals surface area (Å²) in [5.41, 5.74) is 3.90. The van der Waals surface area contributed by atoms with E-state index in [1.807, 2.05) is 55.5 Å². The maximum Gasteiger partial charge on any atom is 0.255 e. The van der Waals surface area contributed by atoms with Gasteiger partial charge in [-0.3, -0.25) is 14.7 Å². The van der Waals surface area contributed by atoms with Gasteiger partial charge in [0.25, 0.3) is 5.91 Å². The molecule has 0 aliphatic carbocycles. The third kappa shape index (κ3) is 6.61. The van der Waals surface area contributed by atoms with Gasteiger partial charge in [-0.2, -0.15) is 0 Å². The molecule has 2 amide bonds. The zero-order chi connectivity index (χ0) is 25.3. The predicted octanol–water partition coefficient (Wildman–Crippen LogP) is 5.28. The maximum atomic E-state index is 12.5. The van der Waals surface area contributed by atoms with Crippen LogP contribution < -0.4 is 15.4 Å². The van der Waals surface area contributed by atoms with E-state index in [1.165, 1.54) is 17.3 Å². The second-order valence-corrected chi connectivity index (χ2v) is 8.70. The van der Waals surface area contributed by atoms with Crippen molar-refractivity contribution >= 4 is 47.1 Å². The molecule has 1 heterocycles. The predicted molar refractivity (Wildman–Crippen MR) is 143 cm³/mol. The lowest BCUT2D eigenvalue weighted by atomic mass is 10.1. The summed E-state index contributed by atoms with van der Waals surface area (Å²) < 4.78 is 5.26. The number of ether oxygens (including phenoxy) is 1. The zero-order valence-corrected chi connectivity index (χ0v) is 20.6. The van der Waals surface area contributed by atoms with Crippen LogP contribution in [0.4, 0.5) is 11.4 Å². The molecule has 0 bridgehead atoms. The zero-order valence-electron chi connectivity index (χ0n) is 19.8. The van der Waals surface area contributed by atoms with Crippen molar-refractivity contribution in [3.05, 3.63) is 95.3 Å². The number of aryl methyl sites for hydroxylation is 1. The standard InChI is InChI=1S/C27H25N5O3S/c1-18-7-3-4-8-19(18)13-16-24-30-27(32-31-24)36-17-25(33)28-21-14-11-20(12-15-21)26(34)29-22-9-5-6-10-23(22)35-2/h3-16H,17H2,1-2H3,(H,28,33)(H,29,34)(H,30,31,32)/b16-13+. The number of nitrogens with one attached hydrogen (secondary N) is 3. The summed E-state index contributed by atoms with van der Waals surface area (Å²) >= 11 is 1.23. The molecule has 1 aromatic heterocycles. The van der Waals surface area contributed by atoms with Crippen LogP contribution in [-0.4, -0.2) is 39.9 Å². The molecule has 0 fully saturated rings. The minimum atomic E-state index is -0.273. The quantitative estimate of drug-likeness (QED) is 0.271. The van der Waals surface area contributed by atoms with Gasteiger partial charge in [0, 0.05) is 11.3 Å². The lowest BCUT2D eigenvalue weighted by molar-refractivity contribution is -0.113. The molecule has 0 aliphatic heterocycles. The van der Waals surface area contributed by atoms with Gasteiger partial charge in [-0.1, -0.05) is 54.2 Å². The number of benzene rings is 3. The number of anilines is 2. The number of thioether (sulfide) groups is 1. The van der Waals surface area contributed by atoms with E-state index in [2.05, 4.69) is 25.8 Å². The van der Waals surface area contributed by atoms with Crippen LogP contribution in [0.2, 0.25) is 0 Å². The van der Waals surface area contributed by atoms with E-state index >= 15 is 0 Å². The van der Waals surface area contributed by atoms with Crippen LogP contribution in [0, 0.1) is 6.92 Å². The summed E-state index contributed by atoms with van der Waals surface area (Å²) in [5, 5.41) is 13.1. The molecule has 182 valence electrons. The molecule has 36 heavy (non-hydrogen) atoms. The van der Waals surface area contributed by atoms with E-state index in [0.29, 0.717) is 33.7 Å². The van der Waals surface area contributed by atoms with Crippen molar-refractivity contribution in [3.8, 4) is 5.75 Å². The number of hydrogen-bond donors (Lipinski definition) is 3. The van der Waals surface area contributed by atoms with Crippen molar-refractivity contribution in [2.24, 2.45) is 0 Å². The number of H-pyrrole nitrogens is 1. The van der Waals surface area contributed by atoms with Gasteiger partial charge >= 0.3 is 0 Å². The molecule has 0 atom stereocenters. The molecule has 8 nitrogen and oxygen atoms in total. The molecule has 0 saturated heterocycles. The van der Waals surface area contributed by atoms with Gasteiger partial charge in [0.2, 0.25) is 11.1 Å². The summed E-state index contributed by atoms with van der Waals surface area (Å²) in [6.45, 7) is 2.05. The smallest absolute Gasteiger partial charge is 0.255 e. The van der Waals surface area contributed by atoms with Crippen LogP contribution in [0.1, 0.15) is 27.3 Å². The molecular weight excluding hydrogens is 474 g/mol. The third-order valence-electron chi connectivity index (χ3n) is 5.21. The minimum absolute atomic E-state index is 0.148. The van der Waals surface area contributed by atoms with Crippen LogP contribution in [0.25, 0.3) is 12.2 Å². The van der Waals surface area contributed by atoms with E-state index in [0.717, 1.165) is 5.56 Å². The molecule has 3 aromatic carbocycles. The van der Waals surface area contributed by atoms with Crippen LogP contribution in [-0.2, 0) is 4.79 Å². The van der Waals surface area contributed by atoms with Crippen molar-refractivity contribution in [2.75, 3.05) is 23.5 Å². The number of rotatable bonds is 9. The van der Waals surface area contributed by atoms with Crippen LogP contribution in [0.5, 0.6) is 5.75 Å². The average molecular weight is 500 g/mol. The van der Waals surface area contributed by atoms with Gasteiger partial charge in [0.15, 0.2) is 0 Å². The molecule has 0 spiro atoms. The fraction of sp³-hybridized carbons (Fsp3) is 0.111. The van der Waals surface area contributed by atoms with Gasteiger partial charge in [0.1, 0.15) is 11.6 Å². The first-order valence-corrected chi connectivity index (χ1v) is 12.1. The highest BCUT2D eigenvalue weighted by atomic mass is 32.2. The Morgan fingerprint density at radius 3 is 2.50 bits per heavy atom. The van der Waals surface area contributed by atoms with Crippen LogP contribution in [0.3, 0.4) is 0 Å². The highest BCUT2D eigenvalue weighted by Crippen LogP contribution is 2.24. The molecule has 4 aromatic rings. The number of hydrogen-bond acceptors (Lipinski definition) is 6. The SMILES string of the molecule is COc1ccccc1NC(=O)c1ccc(NC(=O)CSc2n[nH]c(/C=C/c3ccccc3C)n2)cc1. The number of nitrogens with zero attached hydrogens (tertiary/aromatic N) is 2. The van der Waals surface area contributed by atoms with Gasteiger partial charge in [0.05, 0.1) is 18.6 Å². The number of para-hydroxylation sites is 2. The molecular formula is C27H25N5O3S. The van der Waals surface area contributed by atoms with Crippen molar-refractivity contribution in [3.63, 3.8) is 0 Å². The molecule has 3 N–H and O–H groups in total. The van der Waals surface area contributed by atoms with E-state index in [1.54, 1.807) is 43.5 Å². The molecule has 0 radical (unpaired) electrons. The Labute approximate surface area is 213 Å². The minimum Gasteiger partial charge on any atom is -0.495 e. The summed E-state index contributed by atoms with van der Waals surface area (Å²) in [4.78, 5) is 29.3. The number of methoxy groups -OCH3 is 1. The molecule has 0 aliphatic rings. The summed E-state index contributed by atoms with van der Waals surface area (Å²) in [6, 6.07) is 21.9. The maximum absolute atomic E-state index is 12.5. The number of aromatic nitrogens is 3. The van der Waals surface area contributed by atoms with Crippen molar-refractivity contribution in [1.82, 2.24) is 15.2 Å². The average Bonchev–Trinajstić information content (AvgIpc) is 3.35. The number of carbonyl (C=O) groups excluding carboxylic acids is 2. The Morgan fingerprint density at radius 1 is 0.972 bits per heavy atom. The van der Waals surface area contributed by atoms with Crippen LogP contribution >= 0.6 is 11.8 Å². The monoisotopic (exact) mass is 499 g/mol. The van der Waals surface area contributed by atoms with Gasteiger partial charge in [-0.25, -0.2) is 4.98 Å². The first kappa shape index (κ1) is 24.7. The number of carbonyl (C=O) groups is 2. The highest BCUT2D eigenvalue weighted by Gasteiger charge is 2.11. The summed E-state index contributed by atoms with van der Waals surface area (Å²) in [5.74, 6) is 0.864. The van der Waals surface area contributed by atoms with Gasteiger partial charge in [-0.05, 0) is 60.5 Å². The van der Waals surface area contributed by atoms with E-state index in [9.17, 15) is 9.59 Å². The van der Waals surface area contributed by atoms with E-state index in [4.69, 9.17) is 4.74 Å². The lowest BCUT2D eigenvalue weighted by Crippen LogP contribution is -2.15. The largest absolute Gasteiger partial charge is 0.495 e. The molecule has 0 unspecified atom stereocenters. The highest BCUT2D eigenvalue weighted by molar-refractivity contribution is 7.99. The van der Waals surface area contributed by atoms with Crippen molar-refractivity contribution < 1.29 is 14.3 Å². The molecule has 4 rings (SSSR count). The summed E-state index contributed by atoms with van der Waals surface area (Å²) in [7, 11) is 1.55. The van der Waals surface area contributed by atoms with Crippen LogP contribution in [0.15, 0.2) is 78.0 Å². The Kier molecular flexibility index (Phi) is 8.15. The van der Waals surface area contributed by atoms with Gasteiger partial charge < -0.3 is 15.4 Å². The number of aromatic amines is 1. The first-order chi connectivity index (χ1) is 17.5. The topological polar surface area (TPSA) is 109 Å². The number of amides is 2. The van der Waals surface area contributed by atoms with Crippen molar-refractivity contribution in [1.29, 1.82) is 0 Å². The molecule has 9 heteroatoms. The Hall–Kier alpha value is -4.37. The third-order valence-corrected chi connectivity index (χ3v) is 6.06. The normalized spacial score (nSPS) is 10.8. The Balaban J connectivity index is 1.27. The Morgan fingerprint density at radius 2 is 1.72 bits per heavy atom. The molecule has 0 saturated carbocycles. The second kappa shape index (κ2) is 11.9. The van der Waals surface area contributed by atoms with Crippen molar-refractivity contribution in [2.45, 2.75) is 12.1 Å². The fourth-order valence-corrected chi connectivity index (χ4v) is 3.92. The Bertz CT molecular complexity index is 1380. The van der Waals surface area contributed by atoms with Gasteiger partial charge in [-0.15, -0.1) is 5.10 Å². The van der Waals surface area contributed by atoms with E-state index < -0.39 is 0 Å². The summed E-state index contributed by atoms with van der Waals surface area (Å²) in [6.07, 6.45) is 3.82. The lowest BCUT2D eigenvalue weighted by Gasteiger charge is -2.10. The first-order valence-electron chi connectivity index (χ1n) is 11.1.